The van der Waals surface area contributed by atoms with Crippen molar-refractivity contribution < 1.29 is 29.3 Å². The maximum absolute atomic E-state index is 12.1. The molecule has 1 unspecified atom stereocenters. The van der Waals surface area contributed by atoms with E-state index in [-0.39, 0.29) is 30.3 Å². The Morgan fingerprint density at radius 2 is 2.16 bits per heavy atom. The molecule has 0 aromatic heterocycles. The van der Waals surface area contributed by atoms with Crippen molar-refractivity contribution in [2.45, 2.75) is 44.8 Å². The van der Waals surface area contributed by atoms with Crippen LogP contribution in [-0.2, 0) is 19.1 Å². The van der Waals surface area contributed by atoms with Gasteiger partial charge in [0.2, 0.25) is 0 Å². The number of hydrogen-bond acceptors (Lipinski definition) is 6. The molecule has 6 nitrogen and oxygen atoms in total. The lowest BCUT2D eigenvalue weighted by Crippen LogP contribution is -2.36. The molecule has 1 heterocycles. The zero-order valence-electron chi connectivity index (χ0n) is 14.6. The van der Waals surface area contributed by atoms with Crippen molar-refractivity contribution in [2.75, 3.05) is 13.2 Å². The third-order valence-corrected chi connectivity index (χ3v) is 4.83. The van der Waals surface area contributed by atoms with Crippen molar-refractivity contribution in [2.24, 2.45) is 11.8 Å². The van der Waals surface area contributed by atoms with Gasteiger partial charge in [-0.3, -0.25) is 0 Å². The molecule has 0 saturated carbocycles. The van der Waals surface area contributed by atoms with Crippen LogP contribution in [0.5, 0.6) is 0 Å². The number of aliphatic hydroxyl groups excluding tert-OH is 2. The summed E-state index contributed by atoms with van der Waals surface area (Å²) in [6, 6.07) is 0. The predicted octanol–water partition coefficient (Wildman–Crippen LogP) is 1.67. The fourth-order valence-corrected chi connectivity index (χ4v) is 3.39. The van der Waals surface area contributed by atoms with Crippen LogP contribution in [0.4, 0.5) is 0 Å². The highest BCUT2D eigenvalue weighted by Gasteiger charge is 2.46. The fraction of sp³-hybridized carbons (Fsp3) is 0.579. The standard InChI is InChI=1S/C19H26O6/c1-11(2)18(22)24-15-7-13(9-20)5-4-6-14(10-21)8-16-17(15)12(3)19(23)25-16/h5,14-17,20-21H,1,3-4,6-10H2,2H3/b13-5+/t14?,15-,16-,17-/m1/s1. The molecule has 0 aromatic carbocycles. The maximum Gasteiger partial charge on any atom is 0.334 e. The van der Waals surface area contributed by atoms with E-state index in [1.165, 1.54) is 0 Å². The van der Waals surface area contributed by atoms with E-state index >= 15 is 0 Å². The highest BCUT2D eigenvalue weighted by molar-refractivity contribution is 5.91. The minimum absolute atomic E-state index is 0.0221. The zero-order valence-corrected chi connectivity index (χ0v) is 14.6. The number of ether oxygens (including phenoxy) is 2. The Kier molecular flexibility index (Phi) is 6.56. The van der Waals surface area contributed by atoms with Crippen molar-refractivity contribution in [3.63, 3.8) is 0 Å². The molecule has 1 saturated heterocycles. The van der Waals surface area contributed by atoms with Gasteiger partial charge in [-0.15, -0.1) is 0 Å². The molecule has 138 valence electrons. The molecule has 0 spiro atoms. The first kappa shape index (κ1) is 19.4. The first-order valence-electron chi connectivity index (χ1n) is 8.53. The summed E-state index contributed by atoms with van der Waals surface area (Å²) in [4.78, 5) is 24.1. The maximum atomic E-state index is 12.1. The summed E-state index contributed by atoms with van der Waals surface area (Å²) in [7, 11) is 0. The van der Waals surface area contributed by atoms with Crippen LogP contribution in [0.15, 0.2) is 36.0 Å². The second-order valence-electron chi connectivity index (χ2n) is 6.81. The average Bonchev–Trinajstić information content (AvgIpc) is 2.85. The Morgan fingerprint density at radius 3 is 2.76 bits per heavy atom. The molecule has 2 N–H and O–H groups in total. The molecule has 1 fully saturated rings. The van der Waals surface area contributed by atoms with Crippen LogP contribution in [-0.4, -0.2) is 47.6 Å². The zero-order chi connectivity index (χ0) is 18.6. The summed E-state index contributed by atoms with van der Waals surface area (Å²) in [5, 5.41) is 19.2. The van der Waals surface area contributed by atoms with Crippen molar-refractivity contribution in [3.05, 3.63) is 36.0 Å². The summed E-state index contributed by atoms with van der Waals surface area (Å²) in [6.45, 7) is 8.77. The molecule has 4 atom stereocenters. The van der Waals surface area contributed by atoms with Gasteiger partial charge in [0.25, 0.3) is 0 Å². The normalized spacial score (nSPS) is 32.2. The molecule has 2 aliphatic rings. The minimum atomic E-state index is -0.677. The van der Waals surface area contributed by atoms with Crippen LogP contribution in [0.2, 0.25) is 0 Å². The van der Waals surface area contributed by atoms with Gasteiger partial charge in [-0.25, -0.2) is 9.59 Å². The van der Waals surface area contributed by atoms with E-state index < -0.39 is 30.1 Å². The van der Waals surface area contributed by atoms with E-state index in [1.807, 2.05) is 6.08 Å². The van der Waals surface area contributed by atoms with Gasteiger partial charge < -0.3 is 19.7 Å². The highest BCUT2D eigenvalue weighted by atomic mass is 16.6. The van der Waals surface area contributed by atoms with E-state index in [4.69, 9.17) is 9.47 Å². The van der Waals surface area contributed by atoms with Gasteiger partial charge in [0, 0.05) is 24.2 Å². The van der Waals surface area contributed by atoms with Crippen molar-refractivity contribution in [3.8, 4) is 0 Å². The first-order valence-corrected chi connectivity index (χ1v) is 8.53. The van der Waals surface area contributed by atoms with Gasteiger partial charge in [-0.1, -0.05) is 19.2 Å². The van der Waals surface area contributed by atoms with Crippen LogP contribution in [0.1, 0.15) is 32.6 Å². The van der Waals surface area contributed by atoms with E-state index in [1.54, 1.807) is 6.92 Å². The molecule has 1 aliphatic heterocycles. The molecule has 0 radical (unpaired) electrons. The number of carbonyl (C=O) groups is 2. The van der Waals surface area contributed by atoms with Gasteiger partial charge in [0.15, 0.2) is 0 Å². The minimum Gasteiger partial charge on any atom is -0.458 e. The van der Waals surface area contributed by atoms with Crippen LogP contribution >= 0.6 is 0 Å². The summed E-state index contributed by atoms with van der Waals surface area (Å²) >= 11 is 0. The number of esters is 2. The van der Waals surface area contributed by atoms with Crippen LogP contribution in [0.3, 0.4) is 0 Å². The molecule has 2 rings (SSSR count). The SMILES string of the molecule is C=C(C)C(=O)O[C@@H]1C/C(CO)=C\CCC(CO)C[C@H]2OC(=O)C(=C)[C@H]12. The summed E-state index contributed by atoms with van der Waals surface area (Å²) < 4.78 is 11.0. The number of rotatable bonds is 4. The van der Waals surface area contributed by atoms with Crippen LogP contribution in [0.25, 0.3) is 0 Å². The van der Waals surface area contributed by atoms with Gasteiger partial charge >= 0.3 is 11.9 Å². The molecule has 0 aromatic rings. The third kappa shape index (κ3) is 4.58. The number of fused-ring (bicyclic) bond motifs is 1. The smallest absolute Gasteiger partial charge is 0.334 e. The topological polar surface area (TPSA) is 93.1 Å². The van der Waals surface area contributed by atoms with E-state index in [9.17, 15) is 19.8 Å². The quantitative estimate of drug-likeness (QED) is 0.455. The Balaban J connectivity index is 2.37. The average molecular weight is 350 g/mol. The highest BCUT2D eigenvalue weighted by Crippen LogP contribution is 2.38. The van der Waals surface area contributed by atoms with E-state index in [2.05, 4.69) is 13.2 Å². The van der Waals surface area contributed by atoms with Gasteiger partial charge in [-0.2, -0.15) is 0 Å². The second-order valence-corrected chi connectivity index (χ2v) is 6.81. The molecule has 6 heteroatoms. The lowest BCUT2D eigenvalue weighted by atomic mass is 9.81. The first-order chi connectivity index (χ1) is 11.9. The molecule has 25 heavy (non-hydrogen) atoms. The molecular formula is C19H26O6. The number of hydrogen-bond donors (Lipinski definition) is 2. The Hall–Kier alpha value is -1.92. The van der Waals surface area contributed by atoms with Crippen LogP contribution < -0.4 is 0 Å². The molecule has 0 bridgehead atoms. The number of carbonyl (C=O) groups excluding carboxylic acids is 2. The van der Waals surface area contributed by atoms with Gasteiger partial charge in [0.1, 0.15) is 12.2 Å². The summed E-state index contributed by atoms with van der Waals surface area (Å²) in [5.74, 6) is -1.60. The Labute approximate surface area is 147 Å². The van der Waals surface area contributed by atoms with E-state index in [0.29, 0.717) is 19.3 Å². The predicted molar refractivity (Wildman–Crippen MR) is 91.4 cm³/mol. The number of aliphatic hydroxyl groups is 2. The third-order valence-electron chi connectivity index (χ3n) is 4.83. The van der Waals surface area contributed by atoms with Crippen molar-refractivity contribution in [1.29, 1.82) is 0 Å². The lowest BCUT2D eigenvalue weighted by Gasteiger charge is -2.30. The van der Waals surface area contributed by atoms with Crippen molar-refractivity contribution >= 4 is 11.9 Å². The van der Waals surface area contributed by atoms with E-state index in [0.717, 1.165) is 12.0 Å². The van der Waals surface area contributed by atoms with Crippen molar-refractivity contribution in [1.82, 2.24) is 0 Å². The van der Waals surface area contributed by atoms with Gasteiger partial charge in [-0.05, 0) is 37.7 Å². The van der Waals surface area contributed by atoms with Gasteiger partial charge in [0.05, 0.1) is 12.5 Å². The number of allylic oxidation sites excluding steroid dienone is 1. The summed E-state index contributed by atoms with van der Waals surface area (Å²) in [6.07, 6.45) is 2.93. The Morgan fingerprint density at radius 1 is 1.44 bits per heavy atom. The monoisotopic (exact) mass is 350 g/mol. The molecule has 1 aliphatic carbocycles. The lowest BCUT2D eigenvalue weighted by molar-refractivity contribution is -0.148. The largest absolute Gasteiger partial charge is 0.458 e. The molecule has 0 amide bonds. The fourth-order valence-electron chi connectivity index (χ4n) is 3.39. The Bertz CT molecular complexity index is 591. The molecular weight excluding hydrogens is 324 g/mol. The summed E-state index contributed by atoms with van der Waals surface area (Å²) in [5.41, 5.74) is 1.25. The second kappa shape index (κ2) is 8.45. The van der Waals surface area contributed by atoms with Crippen LogP contribution in [0, 0.1) is 11.8 Å².